The fourth-order valence-corrected chi connectivity index (χ4v) is 1.89. The average molecular weight is 276 g/mol. The number of amides is 1. The molecule has 1 aromatic carbocycles. The summed E-state index contributed by atoms with van der Waals surface area (Å²) in [7, 11) is 1.63. The third-order valence-corrected chi connectivity index (χ3v) is 3.07. The Morgan fingerprint density at radius 1 is 1.45 bits per heavy atom. The highest BCUT2D eigenvalue weighted by Gasteiger charge is 2.28. The van der Waals surface area contributed by atoms with Gasteiger partial charge in [0.1, 0.15) is 5.75 Å². The maximum atomic E-state index is 11.9. The van der Waals surface area contributed by atoms with Crippen LogP contribution in [0.15, 0.2) is 29.4 Å². The third kappa shape index (κ3) is 3.50. The zero-order valence-electron chi connectivity index (χ0n) is 12.1. The summed E-state index contributed by atoms with van der Waals surface area (Å²) >= 11 is 0. The van der Waals surface area contributed by atoms with Gasteiger partial charge in [0.15, 0.2) is 0 Å². The Balaban J connectivity index is 1.92. The first kappa shape index (κ1) is 14.4. The minimum absolute atomic E-state index is 0.106. The summed E-state index contributed by atoms with van der Waals surface area (Å²) in [6, 6.07) is 7.55. The largest absolute Gasteiger partial charge is 0.497 e. The molecule has 0 aliphatic carbocycles. The molecule has 108 valence electrons. The SMILES string of the molecule is COc1ccc(C2=NO[C@H](C(=O)NCC(C)C)C2)cc1. The van der Waals surface area contributed by atoms with Crippen molar-refractivity contribution in [3.05, 3.63) is 29.8 Å². The van der Waals surface area contributed by atoms with Gasteiger partial charge in [-0.05, 0) is 35.7 Å². The molecule has 1 atom stereocenters. The number of rotatable bonds is 5. The van der Waals surface area contributed by atoms with Crippen molar-refractivity contribution in [1.82, 2.24) is 5.32 Å². The van der Waals surface area contributed by atoms with Gasteiger partial charge in [-0.2, -0.15) is 0 Å². The quantitative estimate of drug-likeness (QED) is 0.894. The summed E-state index contributed by atoms with van der Waals surface area (Å²) in [5.41, 5.74) is 1.74. The molecule has 1 aliphatic rings. The Labute approximate surface area is 118 Å². The standard InChI is InChI=1S/C15H20N2O3/c1-10(2)9-16-15(18)14-8-13(17-20-14)11-4-6-12(19-3)7-5-11/h4-7,10,14H,8-9H2,1-3H3,(H,16,18)/t14-/m0/s1. The summed E-state index contributed by atoms with van der Waals surface area (Å²) in [5.74, 6) is 1.10. The molecule has 0 aromatic heterocycles. The normalized spacial score (nSPS) is 17.6. The average Bonchev–Trinajstić information content (AvgIpc) is 2.94. The molecule has 2 rings (SSSR count). The highest BCUT2D eigenvalue weighted by Crippen LogP contribution is 2.19. The smallest absolute Gasteiger partial charge is 0.264 e. The van der Waals surface area contributed by atoms with Crippen molar-refractivity contribution in [2.75, 3.05) is 13.7 Å². The van der Waals surface area contributed by atoms with Gasteiger partial charge in [-0.3, -0.25) is 4.79 Å². The minimum Gasteiger partial charge on any atom is -0.497 e. The van der Waals surface area contributed by atoms with Crippen molar-refractivity contribution in [3.8, 4) is 5.75 Å². The van der Waals surface area contributed by atoms with Crippen LogP contribution >= 0.6 is 0 Å². The van der Waals surface area contributed by atoms with Crippen LogP contribution in [0.4, 0.5) is 0 Å². The van der Waals surface area contributed by atoms with Crippen molar-refractivity contribution in [2.24, 2.45) is 11.1 Å². The molecule has 0 saturated carbocycles. The highest BCUT2D eigenvalue weighted by molar-refractivity contribution is 6.04. The molecule has 0 spiro atoms. The molecule has 5 heteroatoms. The van der Waals surface area contributed by atoms with E-state index < -0.39 is 6.10 Å². The Morgan fingerprint density at radius 3 is 2.75 bits per heavy atom. The summed E-state index contributed by atoms with van der Waals surface area (Å²) in [6.45, 7) is 4.75. The molecule has 0 saturated heterocycles. The van der Waals surface area contributed by atoms with E-state index >= 15 is 0 Å². The van der Waals surface area contributed by atoms with E-state index in [1.54, 1.807) is 7.11 Å². The van der Waals surface area contributed by atoms with Crippen molar-refractivity contribution < 1.29 is 14.4 Å². The lowest BCUT2D eigenvalue weighted by Crippen LogP contribution is -2.36. The van der Waals surface area contributed by atoms with Crippen LogP contribution in [0.5, 0.6) is 5.75 Å². The van der Waals surface area contributed by atoms with Gasteiger partial charge in [-0.1, -0.05) is 19.0 Å². The lowest BCUT2D eigenvalue weighted by atomic mass is 10.0. The number of nitrogens with zero attached hydrogens (tertiary/aromatic N) is 1. The number of ether oxygens (including phenoxy) is 1. The van der Waals surface area contributed by atoms with E-state index in [1.807, 2.05) is 24.3 Å². The van der Waals surface area contributed by atoms with E-state index in [2.05, 4.69) is 24.3 Å². The van der Waals surface area contributed by atoms with Gasteiger partial charge < -0.3 is 14.9 Å². The number of carbonyl (C=O) groups excluding carboxylic acids is 1. The summed E-state index contributed by atoms with van der Waals surface area (Å²) < 4.78 is 5.11. The maximum absolute atomic E-state index is 11.9. The molecule has 0 fully saturated rings. The van der Waals surface area contributed by atoms with Crippen LogP contribution in [0.25, 0.3) is 0 Å². The van der Waals surface area contributed by atoms with E-state index in [0.717, 1.165) is 17.0 Å². The second-order valence-electron chi connectivity index (χ2n) is 5.20. The predicted octanol–water partition coefficient (Wildman–Crippen LogP) is 1.96. The molecule has 5 nitrogen and oxygen atoms in total. The van der Waals surface area contributed by atoms with Crippen LogP contribution in [-0.2, 0) is 9.63 Å². The van der Waals surface area contributed by atoms with Gasteiger partial charge in [0.25, 0.3) is 5.91 Å². The molecule has 20 heavy (non-hydrogen) atoms. The zero-order chi connectivity index (χ0) is 14.5. The molecule has 0 bridgehead atoms. The molecule has 0 unspecified atom stereocenters. The fourth-order valence-electron chi connectivity index (χ4n) is 1.89. The first-order valence-corrected chi connectivity index (χ1v) is 6.75. The lowest BCUT2D eigenvalue weighted by molar-refractivity contribution is -0.131. The zero-order valence-corrected chi connectivity index (χ0v) is 12.1. The second-order valence-corrected chi connectivity index (χ2v) is 5.20. The molecule has 0 radical (unpaired) electrons. The number of benzene rings is 1. The fraction of sp³-hybridized carbons (Fsp3) is 0.467. The van der Waals surface area contributed by atoms with Gasteiger partial charge in [-0.15, -0.1) is 0 Å². The Hall–Kier alpha value is -2.04. The van der Waals surface area contributed by atoms with Crippen LogP contribution in [-0.4, -0.2) is 31.4 Å². The van der Waals surface area contributed by atoms with Crippen molar-refractivity contribution >= 4 is 11.6 Å². The van der Waals surface area contributed by atoms with Crippen LogP contribution in [0, 0.1) is 5.92 Å². The van der Waals surface area contributed by atoms with Crippen LogP contribution < -0.4 is 10.1 Å². The van der Waals surface area contributed by atoms with E-state index in [0.29, 0.717) is 18.9 Å². The topological polar surface area (TPSA) is 59.9 Å². The first-order chi connectivity index (χ1) is 9.60. The second kappa shape index (κ2) is 6.41. The molecular weight excluding hydrogens is 256 g/mol. The summed E-state index contributed by atoms with van der Waals surface area (Å²) in [4.78, 5) is 17.1. The van der Waals surface area contributed by atoms with Crippen LogP contribution in [0.1, 0.15) is 25.8 Å². The van der Waals surface area contributed by atoms with Gasteiger partial charge in [0.05, 0.1) is 12.8 Å². The first-order valence-electron chi connectivity index (χ1n) is 6.75. The minimum atomic E-state index is -0.522. The Morgan fingerprint density at radius 2 is 2.15 bits per heavy atom. The highest BCUT2D eigenvalue weighted by atomic mass is 16.6. The number of oxime groups is 1. The van der Waals surface area contributed by atoms with Gasteiger partial charge in [0, 0.05) is 13.0 Å². The summed E-state index contributed by atoms with van der Waals surface area (Å²) in [5, 5.41) is 6.86. The van der Waals surface area contributed by atoms with Gasteiger partial charge >= 0.3 is 0 Å². The number of nitrogens with one attached hydrogen (secondary N) is 1. The van der Waals surface area contributed by atoms with Crippen LogP contribution in [0.3, 0.4) is 0 Å². The maximum Gasteiger partial charge on any atom is 0.264 e. The number of hydrogen-bond donors (Lipinski definition) is 1. The monoisotopic (exact) mass is 276 g/mol. The van der Waals surface area contributed by atoms with Crippen LogP contribution in [0.2, 0.25) is 0 Å². The predicted molar refractivity (Wildman–Crippen MR) is 76.9 cm³/mol. The van der Waals surface area contributed by atoms with E-state index in [9.17, 15) is 4.79 Å². The summed E-state index contributed by atoms with van der Waals surface area (Å²) in [6.07, 6.45) is -0.0261. The molecule has 1 amide bonds. The Kier molecular flexibility index (Phi) is 4.61. The van der Waals surface area contributed by atoms with E-state index in [1.165, 1.54) is 0 Å². The number of hydrogen-bond acceptors (Lipinski definition) is 4. The number of carbonyl (C=O) groups is 1. The van der Waals surface area contributed by atoms with E-state index in [-0.39, 0.29) is 5.91 Å². The van der Waals surface area contributed by atoms with Crippen molar-refractivity contribution in [3.63, 3.8) is 0 Å². The van der Waals surface area contributed by atoms with Crippen molar-refractivity contribution in [2.45, 2.75) is 26.4 Å². The molecule has 1 aliphatic heterocycles. The van der Waals surface area contributed by atoms with Crippen molar-refractivity contribution in [1.29, 1.82) is 0 Å². The van der Waals surface area contributed by atoms with Gasteiger partial charge in [-0.25, -0.2) is 0 Å². The molecular formula is C15H20N2O3. The lowest BCUT2D eigenvalue weighted by Gasteiger charge is -2.10. The molecule has 1 heterocycles. The number of methoxy groups -OCH3 is 1. The molecule has 1 N–H and O–H groups in total. The van der Waals surface area contributed by atoms with E-state index in [4.69, 9.17) is 9.57 Å². The third-order valence-electron chi connectivity index (χ3n) is 3.07. The van der Waals surface area contributed by atoms with Gasteiger partial charge in [0.2, 0.25) is 6.10 Å². The Bertz CT molecular complexity index is 494. The molecule has 1 aromatic rings.